The number of hydrogen-bond acceptors (Lipinski definition) is 5. The quantitative estimate of drug-likeness (QED) is 0.767. The predicted octanol–water partition coefficient (Wildman–Crippen LogP) is 2.28. The number of ether oxygens (including phenoxy) is 2. The van der Waals surface area contributed by atoms with E-state index in [0.717, 1.165) is 17.1 Å². The highest BCUT2D eigenvalue weighted by Crippen LogP contribution is 2.31. The molecular weight excluding hydrogens is 358 g/mol. The number of carbonyl (C=O) groups excluding carboxylic acids is 2. The van der Waals surface area contributed by atoms with Gasteiger partial charge in [-0.2, -0.15) is 0 Å². The molecule has 0 atom stereocenters. The van der Waals surface area contributed by atoms with Gasteiger partial charge in [-0.3, -0.25) is 14.5 Å². The third-order valence-corrected chi connectivity index (χ3v) is 4.22. The second-order valence-electron chi connectivity index (χ2n) is 6.64. The number of benzene rings is 2. The number of fused-ring (bicyclic) bond motifs is 1. The Bertz CT molecular complexity index is 853. The summed E-state index contributed by atoms with van der Waals surface area (Å²) in [5, 5.41) is 5.59. The van der Waals surface area contributed by atoms with Crippen LogP contribution in [0.5, 0.6) is 11.5 Å². The average Bonchev–Trinajstić information content (AvgIpc) is 2.68. The van der Waals surface area contributed by atoms with Gasteiger partial charge in [0, 0.05) is 24.3 Å². The number of anilines is 1. The molecule has 0 aliphatic carbocycles. The zero-order chi connectivity index (χ0) is 19.9. The number of nitrogens with one attached hydrogen (secondary N) is 2. The van der Waals surface area contributed by atoms with Gasteiger partial charge < -0.3 is 20.1 Å². The first kappa shape index (κ1) is 19.7. The van der Waals surface area contributed by atoms with E-state index in [2.05, 4.69) is 10.6 Å². The molecule has 1 aliphatic rings. The molecule has 3 rings (SSSR count). The predicted molar refractivity (Wildman–Crippen MR) is 107 cm³/mol. The van der Waals surface area contributed by atoms with Crippen molar-refractivity contribution < 1.29 is 19.1 Å². The van der Waals surface area contributed by atoms with Crippen molar-refractivity contribution >= 4 is 17.5 Å². The summed E-state index contributed by atoms with van der Waals surface area (Å²) in [6, 6.07) is 12.7. The minimum Gasteiger partial charge on any atom is -0.486 e. The fourth-order valence-corrected chi connectivity index (χ4v) is 3.00. The number of rotatable bonds is 7. The van der Waals surface area contributed by atoms with E-state index in [9.17, 15) is 9.59 Å². The topological polar surface area (TPSA) is 79.9 Å². The van der Waals surface area contributed by atoms with Crippen molar-refractivity contribution in [2.75, 3.05) is 38.7 Å². The first-order valence-corrected chi connectivity index (χ1v) is 9.30. The first-order chi connectivity index (χ1) is 13.5. The molecule has 0 spiro atoms. The molecule has 1 heterocycles. The molecule has 7 nitrogen and oxygen atoms in total. The van der Waals surface area contributed by atoms with Crippen LogP contribution in [0.3, 0.4) is 0 Å². The lowest BCUT2D eigenvalue weighted by Gasteiger charge is -2.21. The Balaban J connectivity index is 1.54. The summed E-state index contributed by atoms with van der Waals surface area (Å²) in [6.45, 7) is 4.35. The molecule has 148 valence electrons. The fraction of sp³-hybridized carbons (Fsp3) is 0.333. The highest BCUT2D eigenvalue weighted by molar-refractivity contribution is 5.97. The third-order valence-electron chi connectivity index (χ3n) is 4.22. The van der Waals surface area contributed by atoms with Gasteiger partial charge in [0.2, 0.25) is 5.91 Å². The van der Waals surface area contributed by atoms with Crippen LogP contribution in [0.2, 0.25) is 0 Å². The molecule has 0 aromatic heterocycles. The molecular formula is C21H25N3O4. The lowest BCUT2D eigenvalue weighted by molar-refractivity contribution is -0.117. The zero-order valence-electron chi connectivity index (χ0n) is 16.2. The molecule has 28 heavy (non-hydrogen) atoms. The molecule has 0 saturated carbocycles. The molecule has 2 amide bonds. The molecule has 0 unspecified atom stereocenters. The summed E-state index contributed by atoms with van der Waals surface area (Å²) in [4.78, 5) is 26.2. The molecule has 1 aliphatic heterocycles. The van der Waals surface area contributed by atoms with Crippen LogP contribution in [0.15, 0.2) is 42.5 Å². The van der Waals surface area contributed by atoms with Gasteiger partial charge in [0.15, 0.2) is 11.5 Å². The summed E-state index contributed by atoms with van der Waals surface area (Å²) in [6.07, 6.45) is 0. The summed E-state index contributed by atoms with van der Waals surface area (Å²) >= 11 is 0. The highest BCUT2D eigenvalue weighted by atomic mass is 16.6. The van der Waals surface area contributed by atoms with Crippen molar-refractivity contribution in [3.05, 3.63) is 53.6 Å². The van der Waals surface area contributed by atoms with Crippen LogP contribution in [0.4, 0.5) is 5.69 Å². The Hall–Kier alpha value is -3.06. The maximum Gasteiger partial charge on any atom is 0.251 e. The summed E-state index contributed by atoms with van der Waals surface area (Å²) in [5.74, 6) is 1.19. The monoisotopic (exact) mass is 383 g/mol. The van der Waals surface area contributed by atoms with Crippen LogP contribution in [0.1, 0.15) is 22.8 Å². The van der Waals surface area contributed by atoms with Crippen LogP contribution < -0.4 is 20.1 Å². The molecule has 2 N–H and O–H groups in total. The molecule has 0 bridgehead atoms. The van der Waals surface area contributed by atoms with Crippen molar-refractivity contribution in [3.63, 3.8) is 0 Å². The van der Waals surface area contributed by atoms with E-state index in [1.54, 1.807) is 24.3 Å². The Morgan fingerprint density at radius 3 is 2.64 bits per heavy atom. The van der Waals surface area contributed by atoms with E-state index in [4.69, 9.17) is 9.47 Å². The second kappa shape index (κ2) is 9.23. The fourth-order valence-electron chi connectivity index (χ4n) is 3.00. The van der Waals surface area contributed by atoms with Gasteiger partial charge in [0.25, 0.3) is 5.91 Å². The summed E-state index contributed by atoms with van der Waals surface area (Å²) < 4.78 is 11.1. The largest absolute Gasteiger partial charge is 0.486 e. The Morgan fingerprint density at radius 1 is 1.07 bits per heavy atom. The molecule has 2 aromatic carbocycles. The number of hydrogen-bond donors (Lipinski definition) is 2. The van der Waals surface area contributed by atoms with Gasteiger partial charge in [0.05, 0.1) is 6.54 Å². The van der Waals surface area contributed by atoms with Gasteiger partial charge in [-0.1, -0.05) is 12.1 Å². The van der Waals surface area contributed by atoms with Crippen molar-refractivity contribution in [1.29, 1.82) is 0 Å². The number of carbonyl (C=O) groups is 2. The molecule has 0 saturated heterocycles. The van der Waals surface area contributed by atoms with E-state index in [1.165, 1.54) is 0 Å². The minimum absolute atomic E-state index is 0.145. The highest BCUT2D eigenvalue weighted by Gasteiger charge is 2.14. The summed E-state index contributed by atoms with van der Waals surface area (Å²) in [5.41, 5.74) is 2.16. The normalized spacial score (nSPS) is 12.5. The van der Waals surface area contributed by atoms with Gasteiger partial charge in [0.1, 0.15) is 13.2 Å². The van der Waals surface area contributed by atoms with Gasteiger partial charge in [-0.15, -0.1) is 0 Å². The standard InChI is InChI=1S/C21H25N3O4/c1-3-22-21(26)16-5-4-6-17(12-16)23-20(25)14-24(2)13-15-7-8-18-19(11-15)28-10-9-27-18/h4-8,11-12H,3,9-10,13-14H2,1-2H3,(H,22,26)(H,23,25). The Kier molecular flexibility index (Phi) is 6.49. The molecule has 0 radical (unpaired) electrons. The lowest BCUT2D eigenvalue weighted by atomic mass is 10.1. The Labute approximate surface area is 164 Å². The van der Waals surface area contributed by atoms with Gasteiger partial charge in [-0.25, -0.2) is 0 Å². The van der Waals surface area contributed by atoms with Gasteiger partial charge >= 0.3 is 0 Å². The number of likely N-dealkylation sites (N-methyl/N-ethyl adjacent to an activating group) is 1. The number of amides is 2. The molecule has 7 heteroatoms. The summed E-state index contributed by atoms with van der Waals surface area (Å²) in [7, 11) is 1.88. The SMILES string of the molecule is CCNC(=O)c1cccc(NC(=O)CN(C)Cc2ccc3c(c2)OCCO3)c1. The van der Waals surface area contributed by atoms with E-state index in [-0.39, 0.29) is 18.4 Å². The van der Waals surface area contributed by atoms with E-state index in [0.29, 0.717) is 37.6 Å². The van der Waals surface area contributed by atoms with E-state index in [1.807, 2.05) is 37.1 Å². The average molecular weight is 383 g/mol. The molecule has 2 aromatic rings. The molecule has 0 fully saturated rings. The lowest BCUT2D eigenvalue weighted by Crippen LogP contribution is -2.30. The zero-order valence-corrected chi connectivity index (χ0v) is 16.2. The Morgan fingerprint density at radius 2 is 1.86 bits per heavy atom. The van der Waals surface area contributed by atoms with Crippen LogP contribution in [-0.2, 0) is 11.3 Å². The third kappa shape index (κ3) is 5.23. The minimum atomic E-state index is -0.158. The number of nitrogens with zero attached hydrogens (tertiary/aromatic N) is 1. The maximum absolute atomic E-state index is 12.4. The van der Waals surface area contributed by atoms with Crippen molar-refractivity contribution in [2.24, 2.45) is 0 Å². The van der Waals surface area contributed by atoms with E-state index < -0.39 is 0 Å². The van der Waals surface area contributed by atoms with Crippen molar-refractivity contribution in [3.8, 4) is 11.5 Å². The maximum atomic E-state index is 12.4. The van der Waals surface area contributed by atoms with Crippen LogP contribution in [0, 0.1) is 0 Å². The van der Waals surface area contributed by atoms with Crippen LogP contribution in [0.25, 0.3) is 0 Å². The van der Waals surface area contributed by atoms with E-state index >= 15 is 0 Å². The first-order valence-electron chi connectivity index (χ1n) is 9.30. The van der Waals surface area contributed by atoms with Crippen molar-refractivity contribution in [1.82, 2.24) is 10.2 Å². The van der Waals surface area contributed by atoms with Crippen LogP contribution >= 0.6 is 0 Å². The smallest absolute Gasteiger partial charge is 0.251 e. The second-order valence-corrected chi connectivity index (χ2v) is 6.64. The van der Waals surface area contributed by atoms with Crippen LogP contribution in [-0.4, -0.2) is 50.1 Å². The van der Waals surface area contributed by atoms with Crippen molar-refractivity contribution in [2.45, 2.75) is 13.5 Å². The van der Waals surface area contributed by atoms with Gasteiger partial charge in [-0.05, 0) is 49.9 Å².